The average molecular weight is 430 g/mol. The Kier molecular flexibility index (Phi) is 5.27. The van der Waals surface area contributed by atoms with E-state index in [-0.39, 0.29) is 11.5 Å². The molecule has 1 N–H and O–H groups in total. The molecule has 0 saturated heterocycles. The van der Waals surface area contributed by atoms with Crippen molar-refractivity contribution in [1.82, 2.24) is 19.6 Å². The summed E-state index contributed by atoms with van der Waals surface area (Å²) in [5, 5.41) is 11.6. The Morgan fingerprint density at radius 3 is 2.48 bits per heavy atom. The molecule has 3 aromatic rings. The molecule has 1 unspecified atom stereocenters. The Hall–Kier alpha value is -2.74. The molecule has 0 fully saturated rings. The number of aromatic nitrogens is 4. The van der Waals surface area contributed by atoms with Crippen LogP contribution in [0.4, 0.5) is 5.69 Å². The molecule has 2 aromatic heterocycles. The van der Waals surface area contributed by atoms with Gasteiger partial charge in [-0.25, -0.2) is 9.36 Å². The molecule has 0 aliphatic heterocycles. The van der Waals surface area contributed by atoms with Crippen LogP contribution in [0.15, 0.2) is 45.7 Å². The molecule has 0 spiro atoms. The largest absolute Gasteiger partial charge is 0.324 e. The summed E-state index contributed by atoms with van der Waals surface area (Å²) in [5.74, 6) is 0.163. The van der Waals surface area contributed by atoms with Crippen molar-refractivity contribution in [3.8, 4) is 5.82 Å². The fourth-order valence-electron chi connectivity index (χ4n) is 2.75. The van der Waals surface area contributed by atoms with E-state index in [0.29, 0.717) is 11.5 Å². The van der Waals surface area contributed by atoms with Crippen LogP contribution in [0.1, 0.15) is 29.9 Å². The second kappa shape index (κ2) is 7.48. The van der Waals surface area contributed by atoms with Gasteiger partial charge in [0.15, 0.2) is 5.82 Å². The normalized spacial score (nSPS) is 12.0. The maximum absolute atomic E-state index is 12.6. The topological polar surface area (TPSA) is 81.8 Å². The third-order valence-corrected chi connectivity index (χ3v) is 5.10. The van der Waals surface area contributed by atoms with Crippen LogP contribution >= 0.6 is 15.9 Å². The second-order valence-corrected chi connectivity index (χ2v) is 7.30. The lowest BCUT2D eigenvalue weighted by atomic mass is 10.2. The summed E-state index contributed by atoms with van der Waals surface area (Å²) in [7, 11) is 0. The maximum atomic E-state index is 12.6. The van der Waals surface area contributed by atoms with E-state index in [0.717, 1.165) is 21.4 Å². The smallest absolute Gasteiger partial charge is 0.267 e. The highest BCUT2D eigenvalue weighted by Crippen LogP contribution is 2.20. The summed E-state index contributed by atoms with van der Waals surface area (Å²) in [6.45, 7) is 7.37. The minimum absolute atomic E-state index is 0.322. The SMILES string of the molecule is Cc1cc(C)n(-c2ccc(=O)n(C(C)C(=O)Nc3ccc(Br)c(C)c3)n2)n1. The number of benzene rings is 1. The zero-order valence-corrected chi connectivity index (χ0v) is 17.1. The number of rotatable bonds is 4. The first-order valence-electron chi connectivity index (χ1n) is 8.47. The number of halogens is 1. The van der Waals surface area contributed by atoms with Crippen molar-refractivity contribution in [1.29, 1.82) is 0 Å². The molecule has 0 radical (unpaired) electrons. The lowest BCUT2D eigenvalue weighted by Crippen LogP contribution is -2.33. The summed E-state index contributed by atoms with van der Waals surface area (Å²) in [6, 6.07) is 9.65. The summed E-state index contributed by atoms with van der Waals surface area (Å²) in [6.07, 6.45) is 0. The minimum Gasteiger partial charge on any atom is -0.324 e. The van der Waals surface area contributed by atoms with E-state index in [9.17, 15) is 9.59 Å². The summed E-state index contributed by atoms with van der Waals surface area (Å²) < 4.78 is 3.78. The minimum atomic E-state index is -0.779. The van der Waals surface area contributed by atoms with Crippen LogP contribution in [0.2, 0.25) is 0 Å². The fourth-order valence-corrected chi connectivity index (χ4v) is 2.99. The van der Waals surface area contributed by atoms with Gasteiger partial charge in [-0.2, -0.15) is 5.10 Å². The Morgan fingerprint density at radius 2 is 1.85 bits per heavy atom. The lowest BCUT2D eigenvalue weighted by Gasteiger charge is -2.15. The number of carbonyl (C=O) groups is 1. The Labute approximate surface area is 165 Å². The van der Waals surface area contributed by atoms with Gasteiger partial charge in [-0.1, -0.05) is 15.9 Å². The molecular weight excluding hydrogens is 410 g/mol. The van der Waals surface area contributed by atoms with Crippen molar-refractivity contribution in [3.63, 3.8) is 0 Å². The summed E-state index contributed by atoms with van der Waals surface area (Å²) in [5.41, 5.74) is 3.06. The van der Waals surface area contributed by atoms with Gasteiger partial charge in [0.2, 0.25) is 5.91 Å². The van der Waals surface area contributed by atoms with E-state index in [1.165, 1.54) is 10.7 Å². The molecule has 2 heterocycles. The molecule has 1 amide bonds. The molecule has 7 nitrogen and oxygen atoms in total. The van der Waals surface area contributed by atoms with Gasteiger partial charge >= 0.3 is 0 Å². The van der Waals surface area contributed by atoms with Gasteiger partial charge < -0.3 is 5.32 Å². The van der Waals surface area contributed by atoms with E-state index >= 15 is 0 Å². The first-order valence-corrected chi connectivity index (χ1v) is 9.26. The van der Waals surface area contributed by atoms with Gasteiger partial charge in [0, 0.05) is 21.9 Å². The Bertz CT molecular complexity index is 1070. The van der Waals surface area contributed by atoms with E-state index in [4.69, 9.17) is 0 Å². The van der Waals surface area contributed by atoms with Gasteiger partial charge in [0.25, 0.3) is 5.56 Å². The molecule has 0 bridgehead atoms. The van der Waals surface area contributed by atoms with Crippen LogP contribution in [0.5, 0.6) is 0 Å². The van der Waals surface area contributed by atoms with Crippen LogP contribution in [0, 0.1) is 20.8 Å². The number of nitrogens with zero attached hydrogens (tertiary/aromatic N) is 4. The zero-order valence-electron chi connectivity index (χ0n) is 15.5. The van der Waals surface area contributed by atoms with Crippen molar-refractivity contribution in [2.24, 2.45) is 0 Å². The predicted molar refractivity (Wildman–Crippen MR) is 107 cm³/mol. The standard InChI is InChI=1S/C19H20BrN5O2/c1-11-9-15(5-6-16(11)20)21-19(27)14(4)25-18(26)8-7-17(23-25)24-13(3)10-12(2)22-24/h5-10,14H,1-4H3,(H,21,27). The van der Waals surface area contributed by atoms with Crippen molar-refractivity contribution >= 4 is 27.5 Å². The fraction of sp³-hybridized carbons (Fsp3) is 0.263. The lowest BCUT2D eigenvalue weighted by molar-refractivity contribution is -0.119. The van der Waals surface area contributed by atoms with Crippen molar-refractivity contribution in [2.45, 2.75) is 33.7 Å². The molecule has 3 rings (SSSR count). The van der Waals surface area contributed by atoms with Gasteiger partial charge in [-0.05, 0) is 63.6 Å². The number of carbonyl (C=O) groups excluding carboxylic acids is 1. The van der Waals surface area contributed by atoms with Crippen molar-refractivity contribution in [3.05, 3.63) is 68.2 Å². The van der Waals surface area contributed by atoms with Crippen LogP contribution in [0.25, 0.3) is 5.82 Å². The molecule has 0 aliphatic rings. The monoisotopic (exact) mass is 429 g/mol. The zero-order chi connectivity index (χ0) is 19.7. The van der Waals surface area contributed by atoms with Crippen LogP contribution in [0.3, 0.4) is 0 Å². The first kappa shape index (κ1) is 19.0. The summed E-state index contributed by atoms with van der Waals surface area (Å²) in [4.78, 5) is 24.9. The molecule has 0 saturated carbocycles. The molecule has 0 aliphatic carbocycles. The number of nitrogens with one attached hydrogen (secondary N) is 1. The highest BCUT2D eigenvalue weighted by atomic mass is 79.9. The number of anilines is 1. The Morgan fingerprint density at radius 1 is 1.11 bits per heavy atom. The van der Waals surface area contributed by atoms with Crippen molar-refractivity contribution < 1.29 is 4.79 Å². The van der Waals surface area contributed by atoms with Gasteiger partial charge in [0.1, 0.15) is 6.04 Å². The molecule has 1 atom stereocenters. The highest BCUT2D eigenvalue weighted by molar-refractivity contribution is 9.10. The highest BCUT2D eigenvalue weighted by Gasteiger charge is 2.19. The van der Waals surface area contributed by atoms with Crippen LogP contribution < -0.4 is 10.9 Å². The van der Waals surface area contributed by atoms with E-state index in [1.807, 2.05) is 39.0 Å². The first-order chi connectivity index (χ1) is 12.8. The molecule has 27 heavy (non-hydrogen) atoms. The van der Waals surface area contributed by atoms with E-state index in [1.54, 1.807) is 23.7 Å². The molecule has 8 heteroatoms. The molecular formula is C19H20BrN5O2. The average Bonchev–Trinajstić information content (AvgIpc) is 2.96. The second-order valence-electron chi connectivity index (χ2n) is 6.44. The quantitative estimate of drug-likeness (QED) is 0.689. The number of aryl methyl sites for hydroxylation is 3. The van der Waals surface area contributed by atoms with E-state index in [2.05, 4.69) is 31.4 Å². The predicted octanol–water partition coefficient (Wildman–Crippen LogP) is 3.32. The molecule has 1 aromatic carbocycles. The number of amides is 1. The number of hydrogen-bond acceptors (Lipinski definition) is 4. The van der Waals surface area contributed by atoms with Crippen LogP contribution in [-0.2, 0) is 4.79 Å². The number of hydrogen-bond donors (Lipinski definition) is 1. The van der Waals surface area contributed by atoms with E-state index < -0.39 is 6.04 Å². The third-order valence-electron chi connectivity index (χ3n) is 4.21. The third kappa shape index (κ3) is 4.00. The maximum Gasteiger partial charge on any atom is 0.267 e. The van der Waals surface area contributed by atoms with Gasteiger partial charge in [0.05, 0.1) is 5.69 Å². The van der Waals surface area contributed by atoms with Crippen molar-refractivity contribution in [2.75, 3.05) is 5.32 Å². The van der Waals surface area contributed by atoms with Gasteiger partial charge in [-0.15, -0.1) is 5.10 Å². The summed E-state index contributed by atoms with van der Waals surface area (Å²) >= 11 is 3.43. The molecule has 140 valence electrons. The van der Waals surface area contributed by atoms with Gasteiger partial charge in [-0.3, -0.25) is 9.59 Å². The Balaban J connectivity index is 1.89. The van der Waals surface area contributed by atoms with Crippen LogP contribution in [-0.4, -0.2) is 25.5 Å².